The van der Waals surface area contributed by atoms with E-state index in [0.29, 0.717) is 55.2 Å². The highest BCUT2D eigenvalue weighted by Crippen LogP contribution is 2.30. The van der Waals surface area contributed by atoms with E-state index in [2.05, 4.69) is 9.71 Å². The van der Waals surface area contributed by atoms with Crippen molar-refractivity contribution in [1.29, 1.82) is 0 Å². The van der Waals surface area contributed by atoms with Crippen LogP contribution in [0, 0.1) is 5.92 Å². The maximum absolute atomic E-state index is 12.9. The number of likely N-dealkylation sites (tertiary alicyclic amines) is 1. The van der Waals surface area contributed by atoms with E-state index in [0.717, 1.165) is 6.42 Å². The molecule has 33 heavy (non-hydrogen) atoms. The Morgan fingerprint density at radius 2 is 1.79 bits per heavy atom. The zero-order valence-corrected chi connectivity index (χ0v) is 19.6. The first-order valence-corrected chi connectivity index (χ1v) is 12.7. The van der Waals surface area contributed by atoms with Gasteiger partial charge in [-0.05, 0) is 63.1 Å². The first-order chi connectivity index (χ1) is 15.8. The summed E-state index contributed by atoms with van der Waals surface area (Å²) in [5, 5.41) is 2.93. The number of carbonyl (C=O) groups is 2. The summed E-state index contributed by atoms with van der Waals surface area (Å²) < 4.78 is 28.8. The Kier molecular flexibility index (Phi) is 6.51. The average Bonchev–Trinajstić information content (AvgIpc) is 3.11. The van der Waals surface area contributed by atoms with Crippen LogP contribution in [0.15, 0.2) is 57.8 Å². The van der Waals surface area contributed by atoms with Crippen LogP contribution in [0.25, 0.3) is 0 Å². The van der Waals surface area contributed by atoms with Crippen LogP contribution >= 0.6 is 0 Å². The van der Waals surface area contributed by atoms with Crippen LogP contribution < -0.4 is 5.32 Å². The van der Waals surface area contributed by atoms with E-state index in [1.807, 2.05) is 18.7 Å². The number of rotatable bonds is 5. The molecule has 4 rings (SSSR count). The van der Waals surface area contributed by atoms with Crippen molar-refractivity contribution in [2.24, 2.45) is 10.3 Å². The largest absolute Gasteiger partial charge is 0.355 e. The second kappa shape index (κ2) is 9.35. The lowest BCUT2D eigenvalue weighted by atomic mass is 9.96. The summed E-state index contributed by atoms with van der Waals surface area (Å²) in [5.74, 6) is -0.0399. The van der Waals surface area contributed by atoms with Crippen LogP contribution in [0.1, 0.15) is 42.6 Å². The minimum atomic E-state index is -3.70. The van der Waals surface area contributed by atoms with Crippen LogP contribution in [0.2, 0.25) is 0 Å². The van der Waals surface area contributed by atoms with E-state index in [1.165, 1.54) is 0 Å². The van der Waals surface area contributed by atoms with Gasteiger partial charge >= 0.3 is 0 Å². The SMILES string of the molecule is CCN(CC)C(=O)c1ccc(NC(=O)[C@H]2CCCN(C3=NS(=O)(=O)c4ccccc43)C2)cc1. The van der Waals surface area contributed by atoms with E-state index < -0.39 is 10.0 Å². The van der Waals surface area contributed by atoms with Crippen LogP contribution in [0.3, 0.4) is 0 Å². The summed E-state index contributed by atoms with van der Waals surface area (Å²) in [7, 11) is -3.70. The third-order valence-electron chi connectivity index (χ3n) is 6.15. The summed E-state index contributed by atoms with van der Waals surface area (Å²) in [6, 6.07) is 13.7. The van der Waals surface area contributed by atoms with Gasteiger partial charge in [0.1, 0.15) is 4.90 Å². The Balaban J connectivity index is 1.43. The van der Waals surface area contributed by atoms with Crippen molar-refractivity contribution in [3.05, 3.63) is 59.7 Å². The number of amides is 2. The molecule has 0 aliphatic carbocycles. The van der Waals surface area contributed by atoms with Crippen molar-refractivity contribution in [2.75, 3.05) is 31.5 Å². The fourth-order valence-corrected chi connectivity index (χ4v) is 5.56. The minimum Gasteiger partial charge on any atom is -0.355 e. The molecule has 2 aromatic carbocycles. The van der Waals surface area contributed by atoms with E-state index in [1.54, 1.807) is 53.4 Å². The Hall–Kier alpha value is -3.20. The van der Waals surface area contributed by atoms with Gasteiger partial charge in [-0.3, -0.25) is 9.59 Å². The number of hydrogen-bond donors (Lipinski definition) is 1. The third kappa shape index (κ3) is 4.64. The van der Waals surface area contributed by atoms with Crippen LogP contribution in [0.5, 0.6) is 0 Å². The molecule has 1 saturated heterocycles. The van der Waals surface area contributed by atoms with Crippen LogP contribution in [-0.4, -0.2) is 62.0 Å². The van der Waals surface area contributed by atoms with Crippen LogP contribution in [-0.2, 0) is 14.8 Å². The summed E-state index contributed by atoms with van der Waals surface area (Å²) in [6.45, 7) is 6.21. The van der Waals surface area contributed by atoms with E-state index in [9.17, 15) is 18.0 Å². The van der Waals surface area contributed by atoms with Crippen molar-refractivity contribution >= 4 is 33.4 Å². The quantitative estimate of drug-likeness (QED) is 0.727. The fraction of sp³-hybridized carbons (Fsp3) is 0.375. The summed E-state index contributed by atoms with van der Waals surface area (Å²) in [5.41, 5.74) is 1.80. The molecule has 1 N–H and O–H groups in total. The molecule has 8 nitrogen and oxygen atoms in total. The van der Waals surface area contributed by atoms with E-state index in [4.69, 9.17) is 0 Å². The highest BCUT2D eigenvalue weighted by atomic mass is 32.2. The smallest absolute Gasteiger partial charge is 0.285 e. The third-order valence-corrected chi connectivity index (χ3v) is 7.48. The molecule has 0 spiro atoms. The monoisotopic (exact) mass is 468 g/mol. The van der Waals surface area contributed by atoms with Gasteiger partial charge in [-0.15, -0.1) is 4.40 Å². The van der Waals surface area contributed by atoms with Gasteiger partial charge in [0.25, 0.3) is 15.9 Å². The molecule has 9 heteroatoms. The zero-order valence-electron chi connectivity index (χ0n) is 18.8. The minimum absolute atomic E-state index is 0.0339. The standard InChI is InChI=1S/C24H28N4O4S/c1-3-27(4-2)24(30)17-11-13-19(14-12-17)25-23(29)18-8-7-15-28(16-18)22-20-9-5-6-10-21(20)33(31,32)26-22/h5-6,9-14,18H,3-4,7-8,15-16H2,1-2H3,(H,25,29)/t18-/m0/s1. The Morgan fingerprint density at radius 1 is 1.09 bits per heavy atom. The Morgan fingerprint density at radius 3 is 2.48 bits per heavy atom. The molecule has 2 amide bonds. The summed E-state index contributed by atoms with van der Waals surface area (Å²) in [6.07, 6.45) is 1.47. The van der Waals surface area contributed by atoms with Gasteiger partial charge in [-0.1, -0.05) is 12.1 Å². The predicted octanol–water partition coefficient (Wildman–Crippen LogP) is 2.97. The van der Waals surface area contributed by atoms with Crippen molar-refractivity contribution in [2.45, 2.75) is 31.6 Å². The maximum atomic E-state index is 12.9. The normalized spacial score (nSPS) is 18.9. The molecule has 0 aromatic heterocycles. The number of carbonyl (C=O) groups excluding carboxylic acids is 2. The highest BCUT2D eigenvalue weighted by Gasteiger charge is 2.35. The predicted molar refractivity (Wildman–Crippen MR) is 127 cm³/mol. The van der Waals surface area contributed by atoms with Crippen LogP contribution in [0.4, 0.5) is 5.69 Å². The number of anilines is 1. The van der Waals surface area contributed by atoms with Crippen molar-refractivity contribution in [1.82, 2.24) is 9.80 Å². The Bertz CT molecular complexity index is 1190. The molecule has 0 bridgehead atoms. The van der Waals surface area contributed by atoms with Gasteiger partial charge < -0.3 is 15.1 Å². The number of piperidine rings is 1. The van der Waals surface area contributed by atoms with Crippen molar-refractivity contribution in [3.8, 4) is 0 Å². The summed E-state index contributed by atoms with van der Waals surface area (Å²) in [4.78, 5) is 29.3. The van der Waals surface area contributed by atoms with Gasteiger partial charge in [0.05, 0.1) is 5.92 Å². The molecule has 2 heterocycles. The maximum Gasteiger partial charge on any atom is 0.285 e. The molecule has 174 valence electrons. The lowest BCUT2D eigenvalue weighted by molar-refractivity contribution is -0.121. The molecular weight excluding hydrogens is 440 g/mol. The molecule has 1 fully saturated rings. The van der Waals surface area contributed by atoms with Gasteiger partial charge in [-0.2, -0.15) is 8.42 Å². The average molecular weight is 469 g/mol. The number of benzene rings is 2. The topological polar surface area (TPSA) is 99.2 Å². The van der Waals surface area contributed by atoms with Gasteiger partial charge in [0, 0.05) is 43.0 Å². The second-order valence-electron chi connectivity index (χ2n) is 8.22. The van der Waals surface area contributed by atoms with Gasteiger partial charge in [0.15, 0.2) is 5.84 Å². The molecule has 0 saturated carbocycles. The molecule has 1 atom stereocenters. The number of fused-ring (bicyclic) bond motifs is 1. The lowest BCUT2D eigenvalue weighted by Crippen LogP contribution is -2.43. The molecule has 0 unspecified atom stereocenters. The van der Waals surface area contributed by atoms with Gasteiger partial charge in [0.2, 0.25) is 5.91 Å². The van der Waals surface area contributed by atoms with Crippen molar-refractivity contribution in [3.63, 3.8) is 0 Å². The second-order valence-corrected chi connectivity index (χ2v) is 9.79. The highest BCUT2D eigenvalue weighted by molar-refractivity contribution is 7.90. The Labute approximate surface area is 194 Å². The molecule has 2 aliphatic rings. The summed E-state index contributed by atoms with van der Waals surface area (Å²) >= 11 is 0. The van der Waals surface area contributed by atoms with E-state index in [-0.39, 0.29) is 22.6 Å². The molecule has 2 aliphatic heterocycles. The first-order valence-electron chi connectivity index (χ1n) is 11.2. The number of sulfonamides is 1. The number of nitrogens with one attached hydrogen (secondary N) is 1. The molecule has 0 radical (unpaired) electrons. The number of nitrogens with zero attached hydrogens (tertiary/aromatic N) is 3. The fourth-order valence-electron chi connectivity index (χ4n) is 4.33. The molecular formula is C24H28N4O4S. The first kappa shape index (κ1) is 23.0. The van der Waals surface area contributed by atoms with Gasteiger partial charge in [-0.25, -0.2) is 0 Å². The lowest BCUT2D eigenvalue weighted by Gasteiger charge is -2.33. The number of amidine groups is 1. The molecule has 2 aromatic rings. The number of hydrogen-bond acceptors (Lipinski definition) is 5. The zero-order chi connectivity index (χ0) is 23.6. The van der Waals surface area contributed by atoms with E-state index >= 15 is 0 Å². The van der Waals surface area contributed by atoms with Crippen molar-refractivity contribution < 1.29 is 18.0 Å².